The molecule has 2 aromatic heterocycles. The average molecular weight is 338 g/mol. The van der Waals surface area contributed by atoms with E-state index in [0.29, 0.717) is 6.54 Å². The Kier molecular flexibility index (Phi) is 4.56. The van der Waals surface area contributed by atoms with Gasteiger partial charge in [0.05, 0.1) is 18.0 Å². The highest BCUT2D eigenvalue weighted by Crippen LogP contribution is 2.34. The molecule has 1 aliphatic heterocycles. The second-order valence-corrected chi connectivity index (χ2v) is 7.69. The molecule has 0 radical (unpaired) electrons. The third-order valence-corrected chi connectivity index (χ3v) is 5.77. The van der Waals surface area contributed by atoms with Crippen molar-refractivity contribution in [1.82, 2.24) is 19.4 Å². The van der Waals surface area contributed by atoms with Crippen molar-refractivity contribution in [2.24, 2.45) is 13.0 Å². The van der Waals surface area contributed by atoms with Gasteiger partial charge in [-0.15, -0.1) is 0 Å². The number of likely N-dealkylation sites (tertiary alicyclic amines) is 1. The lowest BCUT2D eigenvalue weighted by Gasteiger charge is -2.39. The number of nitrogens with one attached hydrogen (secondary N) is 1. The number of aromatic nitrogens is 2. The summed E-state index contributed by atoms with van der Waals surface area (Å²) in [6.07, 6.45) is 5.17. The number of rotatable bonds is 5. The van der Waals surface area contributed by atoms with Crippen molar-refractivity contribution in [1.29, 1.82) is 0 Å². The lowest BCUT2D eigenvalue weighted by Crippen LogP contribution is -2.42. The highest BCUT2D eigenvalue weighted by Gasteiger charge is 2.33. The first-order chi connectivity index (χ1) is 11.0. The summed E-state index contributed by atoms with van der Waals surface area (Å²) in [7, 11) is 0.399. The maximum atomic E-state index is 12.2. The lowest BCUT2D eigenvalue weighted by molar-refractivity contribution is 0.116. The van der Waals surface area contributed by atoms with Crippen molar-refractivity contribution >= 4 is 10.0 Å². The Morgan fingerprint density at radius 1 is 1.39 bits per heavy atom. The summed E-state index contributed by atoms with van der Waals surface area (Å²) in [5.41, 5.74) is 1.11. The van der Waals surface area contributed by atoms with Crippen LogP contribution in [0.1, 0.15) is 24.6 Å². The maximum Gasteiger partial charge on any atom is 0.273 e. The van der Waals surface area contributed by atoms with Gasteiger partial charge in [-0.1, -0.05) is 0 Å². The first-order valence-electron chi connectivity index (χ1n) is 7.70. The van der Waals surface area contributed by atoms with E-state index in [2.05, 4.69) is 21.8 Å². The molecule has 0 saturated carbocycles. The van der Waals surface area contributed by atoms with Gasteiger partial charge in [-0.2, -0.15) is 5.10 Å². The molecule has 3 rings (SSSR count). The van der Waals surface area contributed by atoms with E-state index in [-0.39, 0.29) is 17.1 Å². The third kappa shape index (κ3) is 3.34. The quantitative estimate of drug-likeness (QED) is 0.891. The van der Waals surface area contributed by atoms with Gasteiger partial charge in [0.2, 0.25) is 5.09 Å². The summed E-state index contributed by atoms with van der Waals surface area (Å²) < 4.78 is 34.0. The molecule has 1 N–H and O–H groups in total. The molecule has 1 saturated heterocycles. The molecule has 2 atom stereocenters. The van der Waals surface area contributed by atoms with Gasteiger partial charge in [0.15, 0.2) is 0 Å². The lowest BCUT2D eigenvalue weighted by atomic mass is 9.87. The van der Waals surface area contributed by atoms with E-state index in [1.54, 1.807) is 12.3 Å². The summed E-state index contributed by atoms with van der Waals surface area (Å²) in [6.45, 7) is 1.38. The summed E-state index contributed by atoms with van der Waals surface area (Å²) >= 11 is 0. The Morgan fingerprint density at radius 3 is 2.87 bits per heavy atom. The second kappa shape index (κ2) is 6.46. The van der Waals surface area contributed by atoms with Crippen molar-refractivity contribution in [3.8, 4) is 0 Å². The minimum absolute atomic E-state index is 0.0428. The molecule has 0 aromatic carbocycles. The molecule has 8 heteroatoms. The standard InChI is InChI=1S/C15H22N4O3S/c1-18-9-3-5-12(15(18)13-7-8-16-19(13)2)11-17-23(20,21)14-6-4-10-22-14/h4,6-8,10,12,15,17H,3,5,9,11H2,1-2H3/t12-,15+/m0/s1. The predicted molar refractivity (Wildman–Crippen MR) is 85.2 cm³/mol. The normalized spacial score (nSPS) is 23.2. The topological polar surface area (TPSA) is 80.4 Å². The number of piperidine rings is 1. The molecule has 7 nitrogen and oxygen atoms in total. The van der Waals surface area contributed by atoms with Gasteiger partial charge in [-0.25, -0.2) is 13.1 Å². The smallest absolute Gasteiger partial charge is 0.273 e. The van der Waals surface area contributed by atoms with Crippen LogP contribution in [0.4, 0.5) is 0 Å². The fourth-order valence-electron chi connectivity index (χ4n) is 3.32. The minimum atomic E-state index is -3.59. The van der Waals surface area contributed by atoms with Crippen LogP contribution in [0.3, 0.4) is 0 Å². The zero-order valence-corrected chi connectivity index (χ0v) is 14.2. The largest absolute Gasteiger partial charge is 0.452 e. The third-order valence-electron chi connectivity index (χ3n) is 4.46. The van der Waals surface area contributed by atoms with Crippen LogP contribution in [-0.2, 0) is 17.1 Å². The molecule has 2 aromatic rings. The number of aryl methyl sites for hydroxylation is 1. The molecular weight excluding hydrogens is 316 g/mol. The summed E-state index contributed by atoms with van der Waals surface area (Å²) in [4.78, 5) is 2.27. The van der Waals surface area contributed by atoms with Gasteiger partial charge in [0, 0.05) is 19.8 Å². The Hall–Kier alpha value is -1.64. The molecule has 0 spiro atoms. The number of sulfonamides is 1. The van der Waals surface area contributed by atoms with Crippen LogP contribution in [0.2, 0.25) is 0 Å². The van der Waals surface area contributed by atoms with Crippen molar-refractivity contribution in [3.63, 3.8) is 0 Å². The SMILES string of the molecule is CN1CCC[C@@H](CNS(=O)(=O)c2ccco2)[C@@H]1c1ccnn1C. The predicted octanol–water partition coefficient (Wildman–Crippen LogP) is 1.37. The molecule has 0 bridgehead atoms. The van der Waals surface area contributed by atoms with Gasteiger partial charge in [-0.3, -0.25) is 9.58 Å². The maximum absolute atomic E-state index is 12.2. The van der Waals surface area contributed by atoms with Crippen molar-refractivity contribution in [3.05, 3.63) is 36.4 Å². The molecule has 0 amide bonds. The number of hydrogen-bond acceptors (Lipinski definition) is 5. The van der Waals surface area contributed by atoms with Crippen molar-refractivity contribution < 1.29 is 12.8 Å². The van der Waals surface area contributed by atoms with E-state index < -0.39 is 10.0 Å². The first kappa shape index (κ1) is 16.2. The molecule has 0 aliphatic carbocycles. The highest BCUT2D eigenvalue weighted by atomic mass is 32.2. The number of hydrogen-bond donors (Lipinski definition) is 1. The summed E-state index contributed by atoms with van der Waals surface area (Å²) in [5.74, 6) is 0.189. The van der Waals surface area contributed by atoms with Crippen LogP contribution >= 0.6 is 0 Å². The van der Waals surface area contributed by atoms with Crippen LogP contribution in [-0.4, -0.2) is 43.2 Å². The van der Waals surface area contributed by atoms with Gasteiger partial charge in [-0.05, 0) is 50.6 Å². The van der Waals surface area contributed by atoms with Crippen LogP contribution in [0.25, 0.3) is 0 Å². The van der Waals surface area contributed by atoms with Crippen molar-refractivity contribution in [2.45, 2.75) is 24.0 Å². The van der Waals surface area contributed by atoms with E-state index in [4.69, 9.17) is 4.42 Å². The van der Waals surface area contributed by atoms with Crippen LogP contribution < -0.4 is 4.72 Å². The van der Waals surface area contributed by atoms with Crippen LogP contribution in [0, 0.1) is 5.92 Å². The summed E-state index contributed by atoms with van der Waals surface area (Å²) in [5, 5.41) is 4.20. The number of furan rings is 1. The first-order valence-corrected chi connectivity index (χ1v) is 9.18. The van der Waals surface area contributed by atoms with E-state index in [1.807, 2.05) is 17.8 Å². The van der Waals surface area contributed by atoms with Crippen LogP contribution in [0.15, 0.2) is 40.2 Å². The zero-order chi connectivity index (χ0) is 16.4. The molecule has 0 unspecified atom stereocenters. The Morgan fingerprint density at radius 2 is 2.22 bits per heavy atom. The van der Waals surface area contributed by atoms with Gasteiger partial charge in [0.25, 0.3) is 10.0 Å². The Bertz CT molecular complexity index is 739. The van der Waals surface area contributed by atoms with Gasteiger partial charge < -0.3 is 4.42 Å². The minimum Gasteiger partial charge on any atom is -0.452 e. The monoisotopic (exact) mass is 338 g/mol. The second-order valence-electron chi connectivity index (χ2n) is 5.99. The number of nitrogens with zero attached hydrogens (tertiary/aromatic N) is 3. The summed E-state index contributed by atoms with van der Waals surface area (Å²) in [6, 6.07) is 5.17. The average Bonchev–Trinajstić information content (AvgIpc) is 3.17. The highest BCUT2D eigenvalue weighted by molar-refractivity contribution is 7.89. The van der Waals surface area contributed by atoms with E-state index in [9.17, 15) is 8.42 Å². The fraction of sp³-hybridized carbons (Fsp3) is 0.533. The molecule has 3 heterocycles. The molecule has 23 heavy (non-hydrogen) atoms. The van der Waals surface area contributed by atoms with Crippen molar-refractivity contribution in [2.75, 3.05) is 20.1 Å². The Labute approximate surface area is 136 Å². The van der Waals surface area contributed by atoms with E-state index >= 15 is 0 Å². The fourth-order valence-corrected chi connectivity index (χ4v) is 4.33. The van der Waals surface area contributed by atoms with E-state index in [1.165, 1.54) is 12.3 Å². The molecular formula is C15H22N4O3S. The Balaban J connectivity index is 1.76. The molecule has 126 valence electrons. The molecule has 1 aliphatic rings. The zero-order valence-electron chi connectivity index (χ0n) is 13.3. The molecule has 1 fully saturated rings. The van der Waals surface area contributed by atoms with Gasteiger partial charge >= 0.3 is 0 Å². The van der Waals surface area contributed by atoms with E-state index in [0.717, 1.165) is 25.1 Å². The van der Waals surface area contributed by atoms with Crippen LogP contribution in [0.5, 0.6) is 0 Å². The van der Waals surface area contributed by atoms with Gasteiger partial charge in [0.1, 0.15) is 0 Å².